The van der Waals surface area contributed by atoms with Gasteiger partial charge in [-0.1, -0.05) is 19.6 Å². The molecule has 0 unspecified atom stereocenters. The van der Waals surface area contributed by atoms with E-state index in [1.807, 2.05) is 26.0 Å². The van der Waals surface area contributed by atoms with Crippen LogP contribution >= 0.6 is 0 Å². The van der Waals surface area contributed by atoms with Crippen molar-refractivity contribution >= 4 is 23.0 Å². The fourth-order valence-electron chi connectivity index (χ4n) is 2.75. The van der Waals surface area contributed by atoms with Crippen LogP contribution in [0, 0.1) is 0 Å². The van der Waals surface area contributed by atoms with E-state index in [1.165, 1.54) is 13.2 Å². The average molecular weight is 368 g/mol. The van der Waals surface area contributed by atoms with E-state index in [-0.39, 0.29) is 25.0 Å². The third-order valence-electron chi connectivity index (χ3n) is 4.22. The number of fused-ring (bicyclic) bond motifs is 1. The molecular formula is C20H24N4O3. The van der Waals surface area contributed by atoms with Crippen LogP contribution in [0.2, 0.25) is 0 Å². The van der Waals surface area contributed by atoms with Crippen LogP contribution < -0.4 is 10.9 Å². The Bertz CT molecular complexity index is 996. The standard InChI is InChI=1S/C19H20N4O3.CH4/c1-4-23-16(24)10-9-15-11-20-19(22-17(15)23)21-12(2)13-5-7-14(8-6-13)18(25)26-3;/h5-12H,4H2,1-3H3,(H,20,21,22);1H4/t12-;/m0./s1. The lowest BCUT2D eigenvalue weighted by atomic mass is 10.1. The van der Waals surface area contributed by atoms with Crippen LogP contribution in [-0.2, 0) is 11.3 Å². The number of benzene rings is 1. The van der Waals surface area contributed by atoms with Gasteiger partial charge in [-0.15, -0.1) is 0 Å². The van der Waals surface area contributed by atoms with Crippen LogP contribution in [0.1, 0.15) is 43.2 Å². The molecule has 1 N–H and O–H groups in total. The maximum atomic E-state index is 12.0. The number of esters is 1. The molecule has 0 aliphatic carbocycles. The first-order chi connectivity index (χ1) is 12.5. The number of nitrogens with zero attached hydrogens (tertiary/aromatic N) is 3. The minimum absolute atomic E-state index is 0. The Balaban J connectivity index is 0.00000261. The third-order valence-corrected chi connectivity index (χ3v) is 4.22. The van der Waals surface area contributed by atoms with E-state index >= 15 is 0 Å². The Morgan fingerprint density at radius 3 is 2.56 bits per heavy atom. The zero-order valence-electron chi connectivity index (χ0n) is 14.9. The van der Waals surface area contributed by atoms with Crippen molar-refractivity contribution < 1.29 is 9.53 Å². The van der Waals surface area contributed by atoms with E-state index in [9.17, 15) is 9.59 Å². The first kappa shape index (κ1) is 20.1. The van der Waals surface area contributed by atoms with Crippen molar-refractivity contribution in [2.75, 3.05) is 12.4 Å². The van der Waals surface area contributed by atoms with Gasteiger partial charge in [0.05, 0.1) is 18.7 Å². The first-order valence-corrected chi connectivity index (χ1v) is 8.35. The van der Waals surface area contributed by atoms with Gasteiger partial charge in [0, 0.05) is 24.2 Å². The minimum Gasteiger partial charge on any atom is -0.465 e. The number of aryl methyl sites for hydroxylation is 1. The number of methoxy groups -OCH3 is 1. The number of hydrogen-bond acceptors (Lipinski definition) is 6. The number of ether oxygens (including phenoxy) is 1. The summed E-state index contributed by atoms with van der Waals surface area (Å²) < 4.78 is 6.31. The molecule has 0 fully saturated rings. The molecule has 0 aliphatic heterocycles. The molecule has 0 aliphatic rings. The van der Waals surface area contributed by atoms with Crippen molar-refractivity contribution in [2.24, 2.45) is 0 Å². The number of anilines is 1. The first-order valence-electron chi connectivity index (χ1n) is 8.35. The number of pyridine rings is 1. The molecule has 0 spiro atoms. The van der Waals surface area contributed by atoms with Crippen LogP contribution in [0.25, 0.3) is 11.0 Å². The predicted molar refractivity (Wildman–Crippen MR) is 106 cm³/mol. The SMILES string of the molecule is C.CCn1c(=O)ccc2cnc(N[C@@H](C)c3ccc(C(=O)OC)cc3)nc21. The van der Waals surface area contributed by atoms with Crippen LogP contribution in [0.3, 0.4) is 0 Å². The monoisotopic (exact) mass is 368 g/mol. The van der Waals surface area contributed by atoms with Crippen LogP contribution in [0.5, 0.6) is 0 Å². The van der Waals surface area contributed by atoms with Gasteiger partial charge >= 0.3 is 5.97 Å². The fourth-order valence-corrected chi connectivity index (χ4v) is 2.75. The summed E-state index contributed by atoms with van der Waals surface area (Å²) >= 11 is 0. The Morgan fingerprint density at radius 1 is 1.22 bits per heavy atom. The van der Waals surface area contributed by atoms with Gasteiger partial charge in [0.1, 0.15) is 5.65 Å². The Labute approximate surface area is 158 Å². The molecule has 7 nitrogen and oxygen atoms in total. The lowest BCUT2D eigenvalue weighted by molar-refractivity contribution is 0.0600. The zero-order chi connectivity index (χ0) is 18.7. The van der Waals surface area contributed by atoms with E-state index < -0.39 is 0 Å². The summed E-state index contributed by atoms with van der Waals surface area (Å²) in [4.78, 5) is 32.3. The van der Waals surface area contributed by atoms with Gasteiger partial charge in [-0.05, 0) is 37.6 Å². The number of aromatic nitrogens is 3. The molecule has 0 saturated carbocycles. The van der Waals surface area contributed by atoms with Gasteiger partial charge in [-0.25, -0.2) is 9.78 Å². The van der Waals surface area contributed by atoms with Gasteiger partial charge in [0.25, 0.3) is 5.56 Å². The highest BCUT2D eigenvalue weighted by Gasteiger charge is 2.11. The molecule has 2 aromatic heterocycles. The van der Waals surface area contributed by atoms with Gasteiger partial charge in [0.2, 0.25) is 5.95 Å². The van der Waals surface area contributed by atoms with E-state index in [0.29, 0.717) is 23.7 Å². The zero-order valence-corrected chi connectivity index (χ0v) is 14.9. The molecule has 7 heteroatoms. The number of rotatable bonds is 5. The topological polar surface area (TPSA) is 86.1 Å². The second kappa shape index (κ2) is 8.44. The maximum absolute atomic E-state index is 12.0. The Morgan fingerprint density at radius 2 is 1.93 bits per heavy atom. The lowest BCUT2D eigenvalue weighted by Crippen LogP contribution is -2.19. The van der Waals surface area contributed by atoms with Crippen molar-refractivity contribution in [2.45, 2.75) is 33.9 Å². The molecule has 0 bridgehead atoms. The van der Waals surface area contributed by atoms with Gasteiger partial charge in [-0.2, -0.15) is 4.98 Å². The summed E-state index contributed by atoms with van der Waals surface area (Å²) in [7, 11) is 1.35. The summed E-state index contributed by atoms with van der Waals surface area (Å²) in [6.07, 6.45) is 1.70. The fraction of sp³-hybridized carbons (Fsp3) is 0.300. The lowest BCUT2D eigenvalue weighted by Gasteiger charge is -2.15. The van der Waals surface area contributed by atoms with E-state index in [4.69, 9.17) is 4.74 Å². The van der Waals surface area contributed by atoms with Gasteiger partial charge in [0.15, 0.2) is 0 Å². The molecule has 0 saturated heterocycles. The molecule has 1 atom stereocenters. The molecular weight excluding hydrogens is 344 g/mol. The van der Waals surface area contributed by atoms with Crippen molar-refractivity contribution in [1.29, 1.82) is 0 Å². The maximum Gasteiger partial charge on any atom is 0.337 e. The third kappa shape index (κ3) is 4.13. The van der Waals surface area contributed by atoms with Crippen molar-refractivity contribution in [3.05, 3.63) is 64.1 Å². The molecule has 1 aromatic carbocycles. The smallest absolute Gasteiger partial charge is 0.337 e. The molecule has 0 amide bonds. The highest BCUT2D eigenvalue weighted by atomic mass is 16.5. The second-order valence-electron chi connectivity index (χ2n) is 5.87. The summed E-state index contributed by atoms with van der Waals surface area (Å²) in [6, 6.07) is 10.3. The average Bonchev–Trinajstić information content (AvgIpc) is 2.67. The molecule has 2 heterocycles. The normalized spacial score (nSPS) is 11.5. The Kier molecular flexibility index (Phi) is 6.28. The van der Waals surface area contributed by atoms with Gasteiger partial charge in [-0.3, -0.25) is 9.36 Å². The number of hydrogen-bond donors (Lipinski definition) is 1. The summed E-state index contributed by atoms with van der Waals surface area (Å²) in [5.41, 5.74) is 1.99. The van der Waals surface area contributed by atoms with Crippen LogP contribution in [0.4, 0.5) is 5.95 Å². The summed E-state index contributed by atoms with van der Waals surface area (Å²) in [5.74, 6) is 0.0717. The van der Waals surface area contributed by atoms with E-state index in [2.05, 4.69) is 15.3 Å². The number of nitrogens with one attached hydrogen (secondary N) is 1. The summed E-state index contributed by atoms with van der Waals surface area (Å²) in [5, 5.41) is 4.04. The molecule has 3 rings (SSSR count). The van der Waals surface area contributed by atoms with E-state index in [0.717, 1.165) is 10.9 Å². The highest BCUT2D eigenvalue weighted by Crippen LogP contribution is 2.19. The molecule has 0 radical (unpaired) electrons. The molecule has 142 valence electrons. The van der Waals surface area contributed by atoms with Crippen LogP contribution in [-0.4, -0.2) is 27.6 Å². The van der Waals surface area contributed by atoms with E-state index in [1.54, 1.807) is 29.0 Å². The molecule has 27 heavy (non-hydrogen) atoms. The quantitative estimate of drug-likeness (QED) is 0.695. The number of carbonyl (C=O) groups excluding carboxylic acids is 1. The second-order valence-corrected chi connectivity index (χ2v) is 5.87. The highest BCUT2D eigenvalue weighted by molar-refractivity contribution is 5.89. The summed E-state index contributed by atoms with van der Waals surface area (Å²) in [6.45, 7) is 4.41. The minimum atomic E-state index is -0.368. The predicted octanol–water partition coefficient (Wildman–Crippen LogP) is 3.41. The van der Waals surface area contributed by atoms with Crippen molar-refractivity contribution in [3.63, 3.8) is 0 Å². The molecule has 3 aromatic rings. The largest absolute Gasteiger partial charge is 0.465 e. The Hall–Kier alpha value is -3.22. The van der Waals surface area contributed by atoms with Crippen LogP contribution in [0.15, 0.2) is 47.4 Å². The number of carbonyl (C=O) groups is 1. The van der Waals surface area contributed by atoms with Crippen molar-refractivity contribution in [3.8, 4) is 0 Å². The van der Waals surface area contributed by atoms with Gasteiger partial charge < -0.3 is 10.1 Å². The van der Waals surface area contributed by atoms with Crippen molar-refractivity contribution in [1.82, 2.24) is 14.5 Å².